The zero-order valence-corrected chi connectivity index (χ0v) is 16.5. The Balaban J connectivity index is 1.61. The standard InChI is InChI=1S/C20H12ClF2N3O2S/c1-11(27)26(17-5-3-13(22)9-15(17)23)20-24-14(10-29-20)4-7-19-25-16-8-12(21)2-6-18(16)28-19/h2-10H,1H3/b7-4+. The number of anilines is 2. The number of hydrogen-bond acceptors (Lipinski definition) is 5. The largest absolute Gasteiger partial charge is 0.437 e. The average molecular weight is 432 g/mol. The fraction of sp³-hybridized carbons (Fsp3) is 0.0500. The molecule has 29 heavy (non-hydrogen) atoms. The van der Waals surface area contributed by atoms with Crippen LogP contribution in [0.4, 0.5) is 19.6 Å². The summed E-state index contributed by atoms with van der Waals surface area (Å²) in [5.74, 6) is -1.66. The summed E-state index contributed by atoms with van der Waals surface area (Å²) in [7, 11) is 0. The van der Waals surface area contributed by atoms with Crippen LogP contribution < -0.4 is 4.90 Å². The van der Waals surface area contributed by atoms with Gasteiger partial charge in [0.2, 0.25) is 11.8 Å². The van der Waals surface area contributed by atoms with Gasteiger partial charge in [0.25, 0.3) is 0 Å². The predicted molar refractivity (Wildman–Crippen MR) is 109 cm³/mol. The van der Waals surface area contributed by atoms with E-state index in [2.05, 4.69) is 9.97 Å². The lowest BCUT2D eigenvalue weighted by atomic mass is 10.2. The van der Waals surface area contributed by atoms with Gasteiger partial charge in [0.15, 0.2) is 10.7 Å². The normalized spacial score (nSPS) is 11.4. The van der Waals surface area contributed by atoms with Gasteiger partial charge in [0, 0.05) is 29.5 Å². The zero-order chi connectivity index (χ0) is 20.5. The highest BCUT2D eigenvalue weighted by atomic mass is 35.5. The predicted octanol–water partition coefficient (Wildman–Crippen LogP) is 6.07. The van der Waals surface area contributed by atoms with Crippen molar-refractivity contribution in [2.45, 2.75) is 6.92 Å². The van der Waals surface area contributed by atoms with Gasteiger partial charge in [-0.25, -0.2) is 18.7 Å². The molecule has 2 aromatic heterocycles. The number of carbonyl (C=O) groups excluding carboxylic acids is 1. The Bertz CT molecular complexity index is 1250. The lowest BCUT2D eigenvalue weighted by Crippen LogP contribution is -2.23. The topological polar surface area (TPSA) is 59.2 Å². The van der Waals surface area contributed by atoms with Crippen LogP contribution in [0.15, 0.2) is 46.2 Å². The molecule has 0 radical (unpaired) electrons. The van der Waals surface area contributed by atoms with E-state index in [4.69, 9.17) is 16.0 Å². The molecule has 0 N–H and O–H groups in total. The highest BCUT2D eigenvalue weighted by molar-refractivity contribution is 7.14. The van der Waals surface area contributed by atoms with Crippen molar-refractivity contribution in [1.29, 1.82) is 0 Å². The number of amides is 1. The third kappa shape index (κ3) is 4.03. The van der Waals surface area contributed by atoms with Crippen molar-refractivity contribution in [2.75, 3.05) is 4.90 Å². The highest BCUT2D eigenvalue weighted by Gasteiger charge is 2.21. The van der Waals surface area contributed by atoms with Crippen LogP contribution in [-0.2, 0) is 4.79 Å². The summed E-state index contributed by atoms with van der Waals surface area (Å²) in [6.45, 7) is 1.28. The van der Waals surface area contributed by atoms with Gasteiger partial charge in [-0.3, -0.25) is 9.69 Å². The molecule has 0 saturated heterocycles. The summed E-state index contributed by atoms with van der Waals surface area (Å²) < 4.78 is 32.9. The number of oxazole rings is 1. The van der Waals surface area contributed by atoms with Crippen molar-refractivity contribution < 1.29 is 18.0 Å². The zero-order valence-electron chi connectivity index (χ0n) is 14.9. The smallest absolute Gasteiger partial charge is 0.230 e. The summed E-state index contributed by atoms with van der Waals surface area (Å²) >= 11 is 7.09. The van der Waals surface area contributed by atoms with Crippen molar-refractivity contribution in [3.05, 3.63) is 70.0 Å². The molecule has 0 saturated carbocycles. The molecule has 2 heterocycles. The average Bonchev–Trinajstić information content (AvgIpc) is 3.28. The molecule has 0 atom stereocenters. The fourth-order valence-corrected chi connectivity index (χ4v) is 3.69. The molecule has 146 valence electrons. The number of nitrogens with zero attached hydrogens (tertiary/aromatic N) is 3. The molecule has 0 aliphatic rings. The molecule has 0 aliphatic carbocycles. The van der Waals surface area contributed by atoms with Crippen LogP contribution in [0.25, 0.3) is 23.3 Å². The third-order valence-electron chi connectivity index (χ3n) is 3.93. The number of benzene rings is 2. The Hall–Kier alpha value is -3.10. The second kappa shape index (κ2) is 7.73. The maximum absolute atomic E-state index is 14.2. The van der Waals surface area contributed by atoms with E-state index >= 15 is 0 Å². The molecule has 0 fully saturated rings. The monoisotopic (exact) mass is 431 g/mol. The Morgan fingerprint density at radius 1 is 1.17 bits per heavy atom. The number of thiazole rings is 1. The highest BCUT2D eigenvalue weighted by Crippen LogP contribution is 2.31. The Morgan fingerprint density at radius 2 is 2.00 bits per heavy atom. The first-order valence-electron chi connectivity index (χ1n) is 8.36. The molecule has 4 rings (SSSR count). The van der Waals surface area contributed by atoms with E-state index < -0.39 is 17.5 Å². The number of halogens is 3. The number of aromatic nitrogens is 2. The fourth-order valence-electron chi connectivity index (χ4n) is 2.67. The van der Waals surface area contributed by atoms with Crippen LogP contribution in [0.2, 0.25) is 5.02 Å². The molecule has 9 heteroatoms. The molecule has 0 bridgehead atoms. The van der Waals surface area contributed by atoms with Gasteiger partial charge in [-0.2, -0.15) is 0 Å². The summed E-state index contributed by atoms with van der Waals surface area (Å²) in [4.78, 5) is 21.8. The lowest BCUT2D eigenvalue weighted by molar-refractivity contribution is -0.115. The van der Waals surface area contributed by atoms with Crippen LogP contribution >= 0.6 is 22.9 Å². The second-order valence-electron chi connectivity index (χ2n) is 6.00. The van der Waals surface area contributed by atoms with E-state index in [1.54, 1.807) is 35.7 Å². The number of carbonyl (C=O) groups is 1. The van der Waals surface area contributed by atoms with Crippen LogP contribution in [0.1, 0.15) is 18.5 Å². The van der Waals surface area contributed by atoms with Gasteiger partial charge in [0.1, 0.15) is 17.2 Å². The van der Waals surface area contributed by atoms with E-state index in [0.717, 1.165) is 28.4 Å². The third-order valence-corrected chi connectivity index (χ3v) is 5.01. The molecule has 1 amide bonds. The van der Waals surface area contributed by atoms with Gasteiger partial charge >= 0.3 is 0 Å². The lowest BCUT2D eigenvalue weighted by Gasteiger charge is -2.18. The number of hydrogen-bond donors (Lipinski definition) is 0. The molecule has 5 nitrogen and oxygen atoms in total. The minimum absolute atomic E-state index is 0.0698. The first kappa shape index (κ1) is 19.2. The SMILES string of the molecule is CC(=O)N(c1nc(/C=C/c2nc3cc(Cl)ccc3o2)cs1)c1ccc(F)cc1F. The van der Waals surface area contributed by atoms with Gasteiger partial charge in [-0.15, -0.1) is 11.3 Å². The Morgan fingerprint density at radius 3 is 2.76 bits per heavy atom. The quantitative estimate of drug-likeness (QED) is 0.393. The van der Waals surface area contributed by atoms with E-state index in [9.17, 15) is 13.6 Å². The Kier molecular flexibility index (Phi) is 5.12. The van der Waals surface area contributed by atoms with Crippen molar-refractivity contribution in [1.82, 2.24) is 9.97 Å². The maximum Gasteiger partial charge on any atom is 0.230 e. The first-order chi connectivity index (χ1) is 13.9. The van der Waals surface area contributed by atoms with Crippen molar-refractivity contribution in [3.63, 3.8) is 0 Å². The van der Waals surface area contributed by atoms with Crippen molar-refractivity contribution in [3.8, 4) is 0 Å². The number of fused-ring (bicyclic) bond motifs is 1. The molecule has 0 unspecified atom stereocenters. The first-order valence-corrected chi connectivity index (χ1v) is 9.62. The summed E-state index contributed by atoms with van der Waals surface area (Å²) in [5, 5.41) is 2.51. The van der Waals surface area contributed by atoms with E-state index in [1.165, 1.54) is 13.0 Å². The van der Waals surface area contributed by atoms with Crippen LogP contribution in [0, 0.1) is 11.6 Å². The van der Waals surface area contributed by atoms with Crippen LogP contribution in [0.3, 0.4) is 0 Å². The minimum atomic E-state index is -0.849. The summed E-state index contributed by atoms with van der Waals surface area (Å²) in [6, 6.07) is 8.14. The summed E-state index contributed by atoms with van der Waals surface area (Å²) in [6.07, 6.45) is 3.29. The van der Waals surface area contributed by atoms with Crippen molar-refractivity contribution in [2.24, 2.45) is 0 Å². The summed E-state index contributed by atoms with van der Waals surface area (Å²) in [5.41, 5.74) is 1.69. The van der Waals surface area contributed by atoms with Crippen LogP contribution in [-0.4, -0.2) is 15.9 Å². The van der Waals surface area contributed by atoms with Crippen molar-refractivity contribution >= 4 is 62.9 Å². The number of rotatable bonds is 4. The molecule has 0 spiro atoms. The van der Waals surface area contributed by atoms with E-state index in [-0.39, 0.29) is 10.8 Å². The van der Waals surface area contributed by atoms with Gasteiger partial charge < -0.3 is 4.42 Å². The molecule has 2 aromatic carbocycles. The minimum Gasteiger partial charge on any atom is -0.437 e. The maximum atomic E-state index is 14.2. The molecule has 4 aromatic rings. The van der Waals surface area contributed by atoms with Gasteiger partial charge in [-0.1, -0.05) is 11.6 Å². The molecular weight excluding hydrogens is 420 g/mol. The molecular formula is C20H12ClF2N3O2S. The molecule has 0 aliphatic heterocycles. The van der Waals surface area contributed by atoms with E-state index in [1.807, 2.05) is 0 Å². The van der Waals surface area contributed by atoms with E-state index in [0.29, 0.717) is 27.7 Å². The second-order valence-corrected chi connectivity index (χ2v) is 7.28. The van der Waals surface area contributed by atoms with Gasteiger partial charge in [0.05, 0.1) is 11.4 Å². The van der Waals surface area contributed by atoms with Gasteiger partial charge in [-0.05, 0) is 36.4 Å². The Labute approximate surface area is 172 Å². The van der Waals surface area contributed by atoms with Crippen LogP contribution in [0.5, 0.6) is 0 Å².